The molecular formula is C20H14N4OS. The predicted octanol–water partition coefficient (Wildman–Crippen LogP) is 4.46. The van der Waals surface area contributed by atoms with Crippen molar-refractivity contribution in [1.82, 2.24) is 19.9 Å². The molecule has 6 heteroatoms. The van der Waals surface area contributed by atoms with E-state index in [1.165, 1.54) is 18.1 Å². The minimum absolute atomic E-state index is 0.185. The lowest BCUT2D eigenvalue weighted by Gasteiger charge is -2.07. The maximum atomic E-state index is 10.0. The lowest BCUT2D eigenvalue weighted by Crippen LogP contribution is -1.92. The van der Waals surface area contributed by atoms with Gasteiger partial charge in [0.05, 0.1) is 17.1 Å². The van der Waals surface area contributed by atoms with Crippen molar-refractivity contribution in [3.63, 3.8) is 0 Å². The summed E-state index contributed by atoms with van der Waals surface area (Å²) in [5, 5.41) is 11.8. The summed E-state index contributed by atoms with van der Waals surface area (Å²) in [6.45, 7) is 0. The molecule has 4 aromatic rings. The highest BCUT2D eigenvalue weighted by Crippen LogP contribution is 2.30. The third kappa shape index (κ3) is 3.55. The van der Waals surface area contributed by atoms with E-state index < -0.39 is 0 Å². The summed E-state index contributed by atoms with van der Waals surface area (Å²) in [5.41, 5.74) is 2.75. The SMILES string of the molecule is Oc1ccccc1-c1cc(-c2cccc(Sc3ccccn3)n2)ncn1. The van der Waals surface area contributed by atoms with Crippen molar-refractivity contribution in [2.24, 2.45) is 0 Å². The van der Waals surface area contributed by atoms with Crippen LogP contribution in [-0.4, -0.2) is 25.0 Å². The normalized spacial score (nSPS) is 10.6. The molecule has 0 unspecified atom stereocenters. The number of phenolic OH excluding ortho intramolecular Hbond substituents is 1. The zero-order valence-electron chi connectivity index (χ0n) is 13.6. The highest BCUT2D eigenvalue weighted by molar-refractivity contribution is 7.99. The maximum Gasteiger partial charge on any atom is 0.124 e. The van der Waals surface area contributed by atoms with Gasteiger partial charge in [-0.15, -0.1) is 0 Å². The molecule has 0 bridgehead atoms. The molecule has 1 aromatic carbocycles. The van der Waals surface area contributed by atoms with Crippen LogP contribution in [0.5, 0.6) is 5.75 Å². The molecule has 4 rings (SSSR count). The molecule has 126 valence electrons. The quantitative estimate of drug-likeness (QED) is 0.581. The van der Waals surface area contributed by atoms with Gasteiger partial charge in [-0.2, -0.15) is 0 Å². The molecule has 0 amide bonds. The van der Waals surface area contributed by atoms with Gasteiger partial charge in [-0.3, -0.25) is 0 Å². The van der Waals surface area contributed by atoms with Crippen molar-refractivity contribution >= 4 is 11.8 Å². The summed E-state index contributed by atoms with van der Waals surface area (Å²) in [6.07, 6.45) is 3.24. The molecule has 3 heterocycles. The Morgan fingerprint density at radius 3 is 2.35 bits per heavy atom. The molecule has 0 radical (unpaired) electrons. The predicted molar refractivity (Wildman–Crippen MR) is 101 cm³/mol. The number of hydrogen-bond donors (Lipinski definition) is 1. The van der Waals surface area contributed by atoms with Crippen molar-refractivity contribution in [3.05, 3.63) is 79.3 Å². The smallest absolute Gasteiger partial charge is 0.124 e. The number of para-hydroxylation sites is 1. The molecule has 3 aromatic heterocycles. The van der Waals surface area contributed by atoms with E-state index in [0.29, 0.717) is 17.0 Å². The summed E-state index contributed by atoms with van der Waals surface area (Å²) in [5.74, 6) is 0.185. The minimum Gasteiger partial charge on any atom is -0.507 e. The fraction of sp³-hybridized carbons (Fsp3) is 0. The molecule has 0 atom stereocenters. The first-order valence-electron chi connectivity index (χ1n) is 7.96. The zero-order valence-corrected chi connectivity index (χ0v) is 14.5. The Bertz CT molecular complexity index is 1040. The Hall–Kier alpha value is -3.25. The van der Waals surface area contributed by atoms with Crippen molar-refractivity contribution in [2.45, 2.75) is 10.1 Å². The van der Waals surface area contributed by atoms with E-state index >= 15 is 0 Å². The fourth-order valence-electron chi connectivity index (χ4n) is 2.46. The topological polar surface area (TPSA) is 71.8 Å². The zero-order chi connectivity index (χ0) is 17.8. The molecule has 0 aliphatic carbocycles. The van der Waals surface area contributed by atoms with Gasteiger partial charge in [-0.25, -0.2) is 19.9 Å². The van der Waals surface area contributed by atoms with Crippen molar-refractivity contribution in [1.29, 1.82) is 0 Å². The highest BCUT2D eigenvalue weighted by Gasteiger charge is 2.09. The first-order valence-corrected chi connectivity index (χ1v) is 8.78. The van der Waals surface area contributed by atoms with E-state index in [4.69, 9.17) is 0 Å². The average molecular weight is 358 g/mol. The number of aromatic nitrogens is 4. The lowest BCUT2D eigenvalue weighted by molar-refractivity contribution is 0.477. The molecule has 0 aliphatic heterocycles. The van der Waals surface area contributed by atoms with Crippen LogP contribution >= 0.6 is 11.8 Å². The van der Waals surface area contributed by atoms with Crippen molar-refractivity contribution < 1.29 is 5.11 Å². The third-order valence-corrected chi connectivity index (χ3v) is 4.57. The van der Waals surface area contributed by atoms with Gasteiger partial charge >= 0.3 is 0 Å². The molecule has 0 saturated carbocycles. The second-order valence-electron chi connectivity index (χ2n) is 5.44. The number of nitrogens with zero attached hydrogens (tertiary/aromatic N) is 4. The van der Waals surface area contributed by atoms with Crippen LogP contribution in [0.25, 0.3) is 22.6 Å². The standard InChI is InChI=1S/C20H14N4OS/c25-18-8-2-1-6-14(18)16-12-17(23-13-22-16)15-7-5-10-20(24-15)26-19-9-3-4-11-21-19/h1-13,25H. The van der Waals surface area contributed by atoms with Gasteiger partial charge in [-0.1, -0.05) is 36.0 Å². The first-order chi connectivity index (χ1) is 12.8. The van der Waals surface area contributed by atoms with E-state index in [2.05, 4.69) is 19.9 Å². The van der Waals surface area contributed by atoms with Gasteiger partial charge < -0.3 is 5.11 Å². The van der Waals surface area contributed by atoms with Gasteiger partial charge in [0.15, 0.2) is 0 Å². The highest BCUT2D eigenvalue weighted by atomic mass is 32.2. The fourth-order valence-corrected chi connectivity index (χ4v) is 3.23. The number of phenols is 1. The summed E-state index contributed by atoms with van der Waals surface area (Å²) in [7, 11) is 0. The van der Waals surface area contributed by atoms with Gasteiger partial charge in [0.1, 0.15) is 22.1 Å². The van der Waals surface area contributed by atoms with E-state index in [1.807, 2.05) is 54.6 Å². The van der Waals surface area contributed by atoms with Crippen LogP contribution in [0.4, 0.5) is 0 Å². The van der Waals surface area contributed by atoms with Crippen molar-refractivity contribution in [3.8, 4) is 28.4 Å². The summed E-state index contributed by atoms with van der Waals surface area (Å²) < 4.78 is 0. The van der Waals surface area contributed by atoms with Gasteiger partial charge in [0.25, 0.3) is 0 Å². The Morgan fingerprint density at radius 2 is 1.50 bits per heavy atom. The van der Waals surface area contributed by atoms with Gasteiger partial charge in [0.2, 0.25) is 0 Å². The minimum atomic E-state index is 0.185. The number of aromatic hydroxyl groups is 1. The molecule has 0 aliphatic rings. The molecule has 0 spiro atoms. The second-order valence-corrected chi connectivity index (χ2v) is 6.48. The number of rotatable bonds is 4. The molecule has 5 nitrogen and oxygen atoms in total. The Balaban J connectivity index is 1.67. The van der Waals surface area contributed by atoms with Gasteiger partial charge in [0, 0.05) is 11.8 Å². The lowest BCUT2D eigenvalue weighted by atomic mass is 10.1. The van der Waals surface area contributed by atoms with Crippen LogP contribution in [0.1, 0.15) is 0 Å². The van der Waals surface area contributed by atoms with E-state index in [9.17, 15) is 5.11 Å². The number of hydrogen-bond acceptors (Lipinski definition) is 6. The van der Waals surface area contributed by atoms with Crippen LogP contribution in [0, 0.1) is 0 Å². The van der Waals surface area contributed by atoms with E-state index in [0.717, 1.165) is 15.7 Å². The number of pyridine rings is 2. The van der Waals surface area contributed by atoms with Crippen LogP contribution in [0.15, 0.2) is 89.3 Å². The molecule has 0 fully saturated rings. The average Bonchev–Trinajstić information content (AvgIpc) is 2.69. The van der Waals surface area contributed by atoms with Crippen LogP contribution in [0.3, 0.4) is 0 Å². The first kappa shape index (κ1) is 16.2. The maximum absolute atomic E-state index is 10.0. The summed E-state index contributed by atoms with van der Waals surface area (Å²) in [4.78, 5) is 17.6. The molecule has 0 saturated heterocycles. The number of benzene rings is 1. The summed E-state index contributed by atoms with van der Waals surface area (Å²) >= 11 is 1.49. The Kier molecular flexibility index (Phi) is 4.57. The second kappa shape index (κ2) is 7.33. The Morgan fingerprint density at radius 1 is 0.692 bits per heavy atom. The van der Waals surface area contributed by atoms with E-state index in [1.54, 1.807) is 18.3 Å². The van der Waals surface area contributed by atoms with Crippen molar-refractivity contribution in [2.75, 3.05) is 0 Å². The van der Waals surface area contributed by atoms with Crippen LogP contribution in [0.2, 0.25) is 0 Å². The molecular weight excluding hydrogens is 344 g/mol. The van der Waals surface area contributed by atoms with Crippen LogP contribution < -0.4 is 0 Å². The Labute approximate surface area is 154 Å². The van der Waals surface area contributed by atoms with Gasteiger partial charge in [-0.05, 0) is 42.5 Å². The third-order valence-electron chi connectivity index (χ3n) is 3.68. The molecule has 26 heavy (non-hydrogen) atoms. The van der Waals surface area contributed by atoms with E-state index in [-0.39, 0.29) is 5.75 Å². The monoisotopic (exact) mass is 358 g/mol. The largest absolute Gasteiger partial charge is 0.507 e. The molecule has 1 N–H and O–H groups in total. The summed E-state index contributed by atoms with van der Waals surface area (Å²) in [6, 6.07) is 20.5. The van der Waals surface area contributed by atoms with Crippen LogP contribution in [-0.2, 0) is 0 Å².